The van der Waals surface area contributed by atoms with Gasteiger partial charge in [-0.1, -0.05) is 41.9 Å². The summed E-state index contributed by atoms with van der Waals surface area (Å²) in [4.78, 5) is 14.7. The van der Waals surface area contributed by atoms with Crippen LogP contribution in [-0.2, 0) is 4.74 Å². The zero-order valence-electron chi connectivity index (χ0n) is 14.8. The molecule has 1 heterocycles. The summed E-state index contributed by atoms with van der Waals surface area (Å²) in [5.41, 5.74) is 1.63. The Morgan fingerprint density at radius 2 is 2.12 bits per heavy atom. The fourth-order valence-electron chi connectivity index (χ4n) is 3.06. The van der Waals surface area contributed by atoms with Crippen molar-refractivity contribution in [3.05, 3.63) is 64.7 Å². The smallest absolute Gasteiger partial charge is 0.255 e. The third-order valence-electron chi connectivity index (χ3n) is 4.44. The van der Waals surface area contributed by atoms with Crippen LogP contribution in [0.4, 0.5) is 0 Å². The van der Waals surface area contributed by atoms with Crippen molar-refractivity contribution in [2.24, 2.45) is 0 Å². The Morgan fingerprint density at radius 3 is 2.88 bits per heavy atom. The minimum Gasteiger partial charge on any atom is -0.496 e. The van der Waals surface area contributed by atoms with E-state index in [4.69, 9.17) is 21.1 Å². The Balaban J connectivity index is 1.52. The summed E-state index contributed by atoms with van der Waals surface area (Å²) in [5.74, 6) is 0.333. The molecule has 1 atom stereocenters. The molecule has 0 spiro atoms. The van der Waals surface area contributed by atoms with Gasteiger partial charge in [-0.25, -0.2) is 0 Å². The van der Waals surface area contributed by atoms with Crippen molar-refractivity contribution in [3.8, 4) is 5.75 Å². The molecule has 1 fully saturated rings. The molecule has 0 saturated carbocycles. The maximum Gasteiger partial charge on any atom is 0.255 e. The number of halogens is 1. The topological polar surface area (TPSA) is 50.8 Å². The third-order valence-corrected chi connectivity index (χ3v) is 4.68. The van der Waals surface area contributed by atoms with Gasteiger partial charge in [0, 0.05) is 31.2 Å². The maximum atomic E-state index is 12.4. The van der Waals surface area contributed by atoms with Crippen molar-refractivity contribution in [2.75, 3.05) is 39.9 Å². The van der Waals surface area contributed by atoms with Gasteiger partial charge in [0.1, 0.15) is 5.75 Å². The summed E-state index contributed by atoms with van der Waals surface area (Å²) in [6.07, 6.45) is 0.0775. The van der Waals surface area contributed by atoms with Crippen LogP contribution in [-0.4, -0.2) is 50.7 Å². The number of hydrogen-bond donors (Lipinski definition) is 1. The molecule has 26 heavy (non-hydrogen) atoms. The lowest BCUT2D eigenvalue weighted by Crippen LogP contribution is -2.42. The Bertz CT molecular complexity index is 739. The van der Waals surface area contributed by atoms with Gasteiger partial charge in [0.25, 0.3) is 5.91 Å². The monoisotopic (exact) mass is 374 g/mol. The molecule has 0 radical (unpaired) electrons. The first-order chi connectivity index (χ1) is 12.7. The number of nitrogens with zero attached hydrogens (tertiary/aromatic N) is 1. The molecule has 0 aliphatic carbocycles. The molecule has 2 aromatic carbocycles. The highest BCUT2D eigenvalue weighted by Crippen LogP contribution is 2.23. The first-order valence-electron chi connectivity index (χ1n) is 8.68. The zero-order valence-corrected chi connectivity index (χ0v) is 15.5. The standard InChI is InChI=1S/C20H23ClN2O3/c1-25-18-8-7-16(21)13-17(18)20(24)22-9-10-23-11-12-26-19(14-23)15-5-3-2-4-6-15/h2-8,13,19H,9-12,14H2,1H3,(H,22,24). The van der Waals surface area contributed by atoms with Crippen molar-refractivity contribution < 1.29 is 14.3 Å². The summed E-state index contributed by atoms with van der Waals surface area (Å²) in [5, 5.41) is 3.45. The van der Waals surface area contributed by atoms with E-state index in [0.717, 1.165) is 19.6 Å². The van der Waals surface area contributed by atoms with Crippen molar-refractivity contribution in [1.82, 2.24) is 10.2 Å². The van der Waals surface area contributed by atoms with Crippen molar-refractivity contribution in [1.29, 1.82) is 0 Å². The second-order valence-electron chi connectivity index (χ2n) is 6.17. The number of nitrogens with one attached hydrogen (secondary N) is 1. The number of carbonyl (C=O) groups is 1. The molecule has 1 amide bonds. The molecule has 6 heteroatoms. The minimum absolute atomic E-state index is 0.0775. The van der Waals surface area contributed by atoms with Gasteiger partial charge in [-0.3, -0.25) is 9.69 Å². The number of hydrogen-bond acceptors (Lipinski definition) is 4. The average molecular weight is 375 g/mol. The molecule has 0 aromatic heterocycles. The van der Waals surface area contributed by atoms with E-state index in [0.29, 0.717) is 29.5 Å². The minimum atomic E-state index is -0.183. The molecule has 2 aromatic rings. The second kappa shape index (κ2) is 9.03. The maximum absolute atomic E-state index is 12.4. The molecule has 1 unspecified atom stereocenters. The van der Waals surface area contributed by atoms with Crippen molar-refractivity contribution in [3.63, 3.8) is 0 Å². The molecule has 1 N–H and O–H groups in total. The van der Waals surface area contributed by atoms with Gasteiger partial charge in [0.05, 0.1) is 25.4 Å². The van der Waals surface area contributed by atoms with E-state index in [9.17, 15) is 4.79 Å². The van der Waals surface area contributed by atoms with Crippen LogP contribution in [0.5, 0.6) is 5.75 Å². The molecular formula is C20H23ClN2O3. The highest BCUT2D eigenvalue weighted by molar-refractivity contribution is 6.31. The van der Waals surface area contributed by atoms with Gasteiger partial charge in [-0.15, -0.1) is 0 Å². The highest BCUT2D eigenvalue weighted by Gasteiger charge is 2.21. The van der Waals surface area contributed by atoms with Crippen LogP contribution >= 0.6 is 11.6 Å². The molecule has 138 valence electrons. The third kappa shape index (κ3) is 4.75. The van der Waals surface area contributed by atoms with Crippen LogP contribution in [0.15, 0.2) is 48.5 Å². The van der Waals surface area contributed by atoms with Gasteiger partial charge in [-0.05, 0) is 23.8 Å². The van der Waals surface area contributed by atoms with Crippen LogP contribution in [0.2, 0.25) is 5.02 Å². The molecule has 1 aliphatic heterocycles. The first kappa shape index (κ1) is 18.7. The second-order valence-corrected chi connectivity index (χ2v) is 6.61. The van der Waals surface area contributed by atoms with E-state index in [-0.39, 0.29) is 12.0 Å². The summed E-state index contributed by atoms with van der Waals surface area (Å²) in [6.45, 7) is 3.69. The fraction of sp³-hybridized carbons (Fsp3) is 0.350. The number of rotatable bonds is 6. The first-order valence-corrected chi connectivity index (χ1v) is 9.06. The van der Waals surface area contributed by atoms with Crippen molar-refractivity contribution >= 4 is 17.5 Å². The number of morpholine rings is 1. The SMILES string of the molecule is COc1ccc(Cl)cc1C(=O)NCCN1CCOC(c2ccccc2)C1. The number of methoxy groups -OCH3 is 1. The number of benzene rings is 2. The molecule has 1 aliphatic rings. The molecule has 5 nitrogen and oxygen atoms in total. The molecule has 1 saturated heterocycles. The number of carbonyl (C=O) groups excluding carboxylic acids is 1. The normalized spacial score (nSPS) is 17.7. The Labute approximate surface area is 158 Å². The van der Waals surface area contributed by atoms with Crippen LogP contribution in [0, 0.1) is 0 Å². The molecule has 3 rings (SSSR count). The van der Waals surface area contributed by atoms with Gasteiger partial charge in [0.2, 0.25) is 0 Å². The van der Waals surface area contributed by atoms with E-state index in [2.05, 4.69) is 22.3 Å². The number of ether oxygens (including phenoxy) is 2. The van der Waals surface area contributed by atoms with E-state index in [1.54, 1.807) is 18.2 Å². The lowest BCUT2D eigenvalue weighted by molar-refractivity contribution is -0.0293. The van der Waals surface area contributed by atoms with Gasteiger partial charge in [-0.2, -0.15) is 0 Å². The zero-order chi connectivity index (χ0) is 18.4. The molecule has 0 bridgehead atoms. The van der Waals surface area contributed by atoms with Crippen LogP contribution in [0.25, 0.3) is 0 Å². The van der Waals surface area contributed by atoms with E-state index < -0.39 is 0 Å². The fourth-order valence-corrected chi connectivity index (χ4v) is 3.23. The van der Waals surface area contributed by atoms with Gasteiger partial charge < -0.3 is 14.8 Å². The Kier molecular flexibility index (Phi) is 6.50. The van der Waals surface area contributed by atoms with E-state index in [1.807, 2.05) is 18.2 Å². The predicted molar refractivity (Wildman–Crippen MR) is 102 cm³/mol. The van der Waals surface area contributed by atoms with E-state index >= 15 is 0 Å². The number of amides is 1. The summed E-state index contributed by atoms with van der Waals surface area (Å²) in [6, 6.07) is 15.2. The average Bonchev–Trinajstić information content (AvgIpc) is 2.69. The molecular weight excluding hydrogens is 352 g/mol. The largest absolute Gasteiger partial charge is 0.496 e. The lowest BCUT2D eigenvalue weighted by Gasteiger charge is -2.33. The van der Waals surface area contributed by atoms with Gasteiger partial charge >= 0.3 is 0 Å². The highest BCUT2D eigenvalue weighted by atomic mass is 35.5. The Hall–Kier alpha value is -2.08. The van der Waals surface area contributed by atoms with Crippen LogP contribution in [0.3, 0.4) is 0 Å². The lowest BCUT2D eigenvalue weighted by atomic mass is 10.1. The van der Waals surface area contributed by atoms with E-state index in [1.165, 1.54) is 12.7 Å². The van der Waals surface area contributed by atoms with Gasteiger partial charge in [0.15, 0.2) is 0 Å². The summed E-state index contributed by atoms with van der Waals surface area (Å²) >= 11 is 5.99. The van der Waals surface area contributed by atoms with Crippen molar-refractivity contribution in [2.45, 2.75) is 6.10 Å². The predicted octanol–water partition coefficient (Wildman–Crippen LogP) is 3.15. The Morgan fingerprint density at radius 1 is 1.31 bits per heavy atom. The quantitative estimate of drug-likeness (QED) is 0.843. The summed E-state index contributed by atoms with van der Waals surface area (Å²) in [7, 11) is 1.54. The summed E-state index contributed by atoms with van der Waals surface area (Å²) < 4.78 is 11.1. The van der Waals surface area contributed by atoms with Crippen LogP contribution < -0.4 is 10.1 Å². The van der Waals surface area contributed by atoms with Crippen LogP contribution in [0.1, 0.15) is 22.0 Å².